The van der Waals surface area contributed by atoms with Gasteiger partial charge in [-0.3, -0.25) is 14.4 Å². The van der Waals surface area contributed by atoms with Crippen molar-refractivity contribution in [2.75, 3.05) is 0 Å². The fourth-order valence-corrected chi connectivity index (χ4v) is 2.17. The quantitative estimate of drug-likeness (QED) is 0.664. The number of rotatable bonds is 7. The Kier molecular flexibility index (Phi) is 7.39. The van der Waals surface area contributed by atoms with Gasteiger partial charge in [-0.1, -0.05) is 34.6 Å². The van der Waals surface area contributed by atoms with Crippen LogP contribution in [0.1, 0.15) is 54.4 Å². The molecule has 0 bridgehead atoms. The molecule has 2 unspecified atom stereocenters. The highest BCUT2D eigenvalue weighted by Crippen LogP contribution is 2.22. The molecule has 0 saturated heterocycles. The van der Waals surface area contributed by atoms with Crippen LogP contribution in [0.5, 0.6) is 0 Å². The minimum Gasteiger partial charge on any atom is -0.481 e. The van der Waals surface area contributed by atoms with Crippen LogP contribution < -0.4 is 10.6 Å². The molecule has 0 aliphatic heterocycles. The molecule has 0 aliphatic rings. The van der Waals surface area contributed by atoms with E-state index in [4.69, 9.17) is 5.11 Å². The van der Waals surface area contributed by atoms with Gasteiger partial charge >= 0.3 is 5.97 Å². The predicted molar refractivity (Wildman–Crippen MR) is 80.7 cm³/mol. The van der Waals surface area contributed by atoms with E-state index >= 15 is 0 Å². The highest BCUT2D eigenvalue weighted by atomic mass is 16.4. The minimum atomic E-state index is -0.954. The number of amides is 2. The second-order valence-corrected chi connectivity index (χ2v) is 6.99. The summed E-state index contributed by atoms with van der Waals surface area (Å²) in [5.41, 5.74) is -0.102. The molecule has 0 rings (SSSR count). The van der Waals surface area contributed by atoms with Crippen molar-refractivity contribution in [1.82, 2.24) is 10.6 Å². The standard InChI is InChI=1S/C15H28N2O4/c1-9(2)13(16-10(3)18)14(21)17-11(7-12(19)20)8-15(4,5)6/h9,11,13H,7-8H2,1-6H3,(H,16,18)(H,17,21)(H,19,20). The van der Waals surface area contributed by atoms with E-state index in [0.29, 0.717) is 6.42 Å². The van der Waals surface area contributed by atoms with E-state index in [2.05, 4.69) is 10.6 Å². The summed E-state index contributed by atoms with van der Waals surface area (Å²) >= 11 is 0. The molecule has 0 fully saturated rings. The minimum absolute atomic E-state index is 0.0750. The van der Waals surface area contributed by atoms with E-state index in [-0.39, 0.29) is 29.6 Å². The molecular weight excluding hydrogens is 272 g/mol. The van der Waals surface area contributed by atoms with Gasteiger partial charge in [-0.25, -0.2) is 0 Å². The summed E-state index contributed by atoms with van der Waals surface area (Å²) in [6, 6.07) is -1.11. The number of nitrogens with one attached hydrogen (secondary N) is 2. The number of aliphatic carboxylic acids is 1. The molecule has 122 valence electrons. The third-order valence-corrected chi connectivity index (χ3v) is 2.93. The normalized spacial score (nSPS) is 14.4. The van der Waals surface area contributed by atoms with Crippen molar-refractivity contribution in [3.8, 4) is 0 Å². The monoisotopic (exact) mass is 300 g/mol. The molecule has 0 radical (unpaired) electrons. The Balaban J connectivity index is 4.90. The maximum Gasteiger partial charge on any atom is 0.305 e. The van der Waals surface area contributed by atoms with Crippen LogP contribution in [-0.4, -0.2) is 35.0 Å². The smallest absolute Gasteiger partial charge is 0.305 e. The van der Waals surface area contributed by atoms with Crippen molar-refractivity contribution >= 4 is 17.8 Å². The number of carbonyl (C=O) groups excluding carboxylic acids is 2. The Bertz CT molecular complexity index is 386. The molecular formula is C15H28N2O4. The summed E-state index contributed by atoms with van der Waals surface area (Å²) in [6.07, 6.45) is 0.420. The van der Waals surface area contributed by atoms with Crippen molar-refractivity contribution in [2.45, 2.75) is 66.5 Å². The molecule has 6 heteroatoms. The molecule has 0 aromatic heterocycles. The topological polar surface area (TPSA) is 95.5 Å². The Morgan fingerprint density at radius 1 is 1.10 bits per heavy atom. The first-order valence-corrected chi connectivity index (χ1v) is 7.21. The molecule has 2 amide bonds. The van der Waals surface area contributed by atoms with Crippen LogP contribution in [0.4, 0.5) is 0 Å². The van der Waals surface area contributed by atoms with Crippen molar-refractivity contribution in [2.24, 2.45) is 11.3 Å². The van der Waals surface area contributed by atoms with E-state index in [0.717, 1.165) is 0 Å². The Morgan fingerprint density at radius 3 is 1.95 bits per heavy atom. The molecule has 0 spiro atoms. The van der Waals surface area contributed by atoms with Gasteiger partial charge in [0, 0.05) is 13.0 Å². The number of carboxylic acid groups (broad SMARTS) is 1. The average Bonchev–Trinajstić information content (AvgIpc) is 2.21. The highest BCUT2D eigenvalue weighted by molar-refractivity contribution is 5.87. The second-order valence-electron chi connectivity index (χ2n) is 6.99. The van der Waals surface area contributed by atoms with E-state index in [1.54, 1.807) is 0 Å². The van der Waals surface area contributed by atoms with Crippen LogP contribution >= 0.6 is 0 Å². The highest BCUT2D eigenvalue weighted by Gasteiger charge is 2.28. The largest absolute Gasteiger partial charge is 0.481 e. The Labute approximate surface area is 126 Å². The fourth-order valence-electron chi connectivity index (χ4n) is 2.17. The molecule has 6 nitrogen and oxygen atoms in total. The third-order valence-electron chi connectivity index (χ3n) is 2.93. The van der Waals surface area contributed by atoms with Gasteiger partial charge in [-0.05, 0) is 17.8 Å². The third kappa shape index (κ3) is 9.05. The summed E-state index contributed by atoms with van der Waals surface area (Å²) in [6.45, 7) is 11.0. The predicted octanol–water partition coefficient (Wildman–Crippen LogP) is 1.54. The fraction of sp³-hybridized carbons (Fsp3) is 0.800. The summed E-state index contributed by atoms with van der Waals surface area (Å²) in [5, 5.41) is 14.3. The first-order valence-electron chi connectivity index (χ1n) is 7.21. The first kappa shape index (κ1) is 19.4. The van der Waals surface area contributed by atoms with Crippen molar-refractivity contribution in [3.05, 3.63) is 0 Å². The maximum atomic E-state index is 12.3. The zero-order valence-corrected chi connectivity index (χ0v) is 13.8. The number of carboxylic acids is 1. The Hall–Kier alpha value is -1.59. The van der Waals surface area contributed by atoms with Crippen LogP contribution in [0.3, 0.4) is 0 Å². The van der Waals surface area contributed by atoms with Crippen LogP contribution in [0, 0.1) is 11.3 Å². The molecule has 3 N–H and O–H groups in total. The van der Waals surface area contributed by atoms with Gasteiger partial charge in [0.05, 0.1) is 6.42 Å². The molecule has 0 aromatic rings. The summed E-state index contributed by atoms with van der Waals surface area (Å²) in [7, 11) is 0. The maximum absolute atomic E-state index is 12.3. The molecule has 0 heterocycles. The Morgan fingerprint density at radius 2 is 1.62 bits per heavy atom. The van der Waals surface area contributed by atoms with Crippen molar-refractivity contribution in [1.29, 1.82) is 0 Å². The molecule has 0 aliphatic carbocycles. The van der Waals surface area contributed by atoms with Crippen LogP contribution in [-0.2, 0) is 14.4 Å². The summed E-state index contributed by atoms with van der Waals surface area (Å²) < 4.78 is 0. The summed E-state index contributed by atoms with van der Waals surface area (Å²) in [4.78, 5) is 34.4. The van der Waals surface area contributed by atoms with E-state index in [1.807, 2.05) is 34.6 Å². The van der Waals surface area contributed by atoms with Crippen molar-refractivity contribution < 1.29 is 19.5 Å². The van der Waals surface area contributed by atoms with Gasteiger partial charge < -0.3 is 15.7 Å². The lowest BCUT2D eigenvalue weighted by molar-refractivity contribution is -0.138. The average molecular weight is 300 g/mol. The lowest BCUT2D eigenvalue weighted by atomic mass is 9.86. The van der Waals surface area contributed by atoms with E-state index in [9.17, 15) is 14.4 Å². The van der Waals surface area contributed by atoms with Gasteiger partial charge in [0.25, 0.3) is 0 Å². The first-order chi connectivity index (χ1) is 9.42. The molecule has 2 atom stereocenters. The van der Waals surface area contributed by atoms with Crippen LogP contribution in [0.15, 0.2) is 0 Å². The number of hydrogen-bond acceptors (Lipinski definition) is 3. The molecule has 21 heavy (non-hydrogen) atoms. The van der Waals surface area contributed by atoms with Crippen LogP contribution in [0.2, 0.25) is 0 Å². The van der Waals surface area contributed by atoms with Gasteiger partial charge in [0.2, 0.25) is 11.8 Å². The van der Waals surface area contributed by atoms with Gasteiger partial charge in [0.1, 0.15) is 6.04 Å². The van der Waals surface area contributed by atoms with Gasteiger partial charge in [-0.2, -0.15) is 0 Å². The summed E-state index contributed by atoms with van der Waals surface area (Å²) in [5.74, 6) is -1.65. The zero-order chi connectivity index (χ0) is 16.8. The van der Waals surface area contributed by atoms with E-state index < -0.39 is 18.1 Å². The molecule has 0 aromatic carbocycles. The number of carbonyl (C=O) groups is 3. The zero-order valence-electron chi connectivity index (χ0n) is 13.8. The SMILES string of the molecule is CC(=O)NC(C(=O)NC(CC(=O)O)CC(C)(C)C)C(C)C. The number of hydrogen-bond donors (Lipinski definition) is 3. The lowest BCUT2D eigenvalue weighted by Crippen LogP contribution is -2.52. The lowest BCUT2D eigenvalue weighted by Gasteiger charge is -2.28. The van der Waals surface area contributed by atoms with E-state index in [1.165, 1.54) is 6.92 Å². The second kappa shape index (κ2) is 8.00. The van der Waals surface area contributed by atoms with Crippen LogP contribution in [0.25, 0.3) is 0 Å². The van der Waals surface area contributed by atoms with Gasteiger partial charge in [-0.15, -0.1) is 0 Å². The molecule has 0 saturated carbocycles. The van der Waals surface area contributed by atoms with Crippen molar-refractivity contribution in [3.63, 3.8) is 0 Å². The van der Waals surface area contributed by atoms with Gasteiger partial charge in [0.15, 0.2) is 0 Å².